The van der Waals surface area contributed by atoms with Crippen LogP contribution in [-0.2, 0) is 0 Å². The van der Waals surface area contributed by atoms with Crippen LogP contribution in [0.25, 0.3) is 0 Å². The molecule has 46 valence electrons. The first-order chi connectivity index (χ1) is 3.79. The standard InChI is InChI=1S/C6H14BN/c1-8-4-2-3-6(7)5-8/h6H,2-5,7H2,1H3. The molecule has 1 saturated heterocycles. The molecule has 8 heavy (non-hydrogen) atoms. The fourth-order valence-corrected chi connectivity index (χ4v) is 1.42. The van der Waals surface area contributed by atoms with Gasteiger partial charge in [-0.2, -0.15) is 0 Å². The molecule has 0 aromatic heterocycles. The first kappa shape index (κ1) is 6.15. The smallest absolute Gasteiger partial charge is 0.107 e. The quantitative estimate of drug-likeness (QED) is 0.401. The van der Waals surface area contributed by atoms with Crippen LogP contribution in [0.3, 0.4) is 0 Å². The van der Waals surface area contributed by atoms with E-state index in [1.165, 1.54) is 25.9 Å². The molecule has 0 bridgehead atoms. The van der Waals surface area contributed by atoms with Gasteiger partial charge in [0.05, 0.1) is 0 Å². The van der Waals surface area contributed by atoms with Crippen molar-refractivity contribution >= 4 is 7.85 Å². The highest BCUT2D eigenvalue weighted by Gasteiger charge is 2.11. The minimum Gasteiger partial charge on any atom is -0.307 e. The number of nitrogens with zero attached hydrogens (tertiary/aromatic N) is 1. The Bertz CT molecular complexity index is 66.9. The van der Waals surface area contributed by atoms with Gasteiger partial charge in [0.2, 0.25) is 0 Å². The predicted molar refractivity (Wildman–Crippen MR) is 39.0 cm³/mol. The van der Waals surface area contributed by atoms with Crippen molar-refractivity contribution < 1.29 is 0 Å². The van der Waals surface area contributed by atoms with Crippen LogP contribution in [0.5, 0.6) is 0 Å². The highest BCUT2D eigenvalue weighted by molar-refractivity contribution is 6.11. The molecule has 2 heteroatoms. The fraction of sp³-hybridized carbons (Fsp3) is 1.00. The molecule has 1 aliphatic rings. The summed E-state index contributed by atoms with van der Waals surface area (Å²) in [6, 6.07) is 0. The zero-order chi connectivity index (χ0) is 5.98. The lowest BCUT2D eigenvalue weighted by atomic mass is 9.81. The number of hydrogen-bond donors (Lipinski definition) is 0. The molecular weight excluding hydrogens is 96.9 g/mol. The van der Waals surface area contributed by atoms with E-state index in [2.05, 4.69) is 19.8 Å². The highest BCUT2D eigenvalue weighted by atomic mass is 15.1. The predicted octanol–water partition coefficient (Wildman–Crippen LogP) is 0.134. The molecule has 1 rings (SSSR count). The van der Waals surface area contributed by atoms with E-state index in [1.807, 2.05) is 0 Å². The number of piperidine rings is 1. The summed E-state index contributed by atoms with van der Waals surface area (Å²) >= 11 is 0. The normalized spacial score (nSPS) is 32.9. The van der Waals surface area contributed by atoms with Crippen LogP contribution in [0.4, 0.5) is 0 Å². The van der Waals surface area contributed by atoms with Gasteiger partial charge in [-0.15, -0.1) is 0 Å². The van der Waals surface area contributed by atoms with Crippen molar-refractivity contribution in [2.24, 2.45) is 0 Å². The van der Waals surface area contributed by atoms with Crippen molar-refractivity contribution in [1.82, 2.24) is 4.90 Å². The van der Waals surface area contributed by atoms with Crippen LogP contribution in [0.15, 0.2) is 0 Å². The van der Waals surface area contributed by atoms with Crippen LogP contribution in [-0.4, -0.2) is 32.9 Å². The third-order valence-corrected chi connectivity index (χ3v) is 1.86. The van der Waals surface area contributed by atoms with Gasteiger partial charge in [-0.05, 0) is 26.6 Å². The van der Waals surface area contributed by atoms with Crippen molar-refractivity contribution in [3.05, 3.63) is 0 Å². The van der Waals surface area contributed by atoms with Crippen LogP contribution in [0.2, 0.25) is 5.82 Å². The van der Waals surface area contributed by atoms with Crippen LogP contribution < -0.4 is 0 Å². The van der Waals surface area contributed by atoms with Crippen molar-refractivity contribution in [2.45, 2.75) is 18.7 Å². The molecule has 0 saturated carbocycles. The van der Waals surface area contributed by atoms with E-state index < -0.39 is 0 Å². The third-order valence-electron chi connectivity index (χ3n) is 1.86. The second-order valence-electron chi connectivity index (χ2n) is 3.01. The van der Waals surface area contributed by atoms with E-state index >= 15 is 0 Å². The first-order valence-corrected chi connectivity index (χ1v) is 3.47. The molecule has 1 nitrogen and oxygen atoms in total. The van der Waals surface area contributed by atoms with Gasteiger partial charge in [0.1, 0.15) is 7.85 Å². The first-order valence-electron chi connectivity index (χ1n) is 3.47. The van der Waals surface area contributed by atoms with Gasteiger partial charge in [-0.3, -0.25) is 0 Å². The van der Waals surface area contributed by atoms with Gasteiger partial charge in [0.15, 0.2) is 0 Å². The van der Waals surface area contributed by atoms with Gasteiger partial charge < -0.3 is 4.90 Å². The van der Waals surface area contributed by atoms with E-state index in [4.69, 9.17) is 0 Å². The summed E-state index contributed by atoms with van der Waals surface area (Å²) in [6.45, 7) is 2.62. The Kier molecular flexibility index (Phi) is 1.95. The summed E-state index contributed by atoms with van der Waals surface area (Å²) in [5, 5.41) is 0. The van der Waals surface area contributed by atoms with E-state index in [1.54, 1.807) is 0 Å². The zero-order valence-electron chi connectivity index (χ0n) is 5.85. The summed E-state index contributed by atoms with van der Waals surface area (Å²) in [7, 11) is 4.53. The molecule has 0 radical (unpaired) electrons. The van der Waals surface area contributed by atoms with Crippen molar-refractivity contribution in [3.8, 4) is 0 Å². The molecule has 1 aliphatic heterocycles. The molecular formula is C6H14BN. The van der Waals surface area contributed by atoms with E-state index in [-0.39, 0.29) is 0 Å². The third kappa shape index (κ3) is 1.51. The maximum atomic E-state index is 2.41. The Labute approximate surface area is 52.5 Å². The Hall–Kier alpha value is 0.0249. The Morgan fingerprint density at radius 1 is 1.62 bits per heavy atom. The molecule has 1 fully saturated rings. The summed E-state index contributed by atoms with van der Waals surface area (Å²) in [5.74, 6) is 0.939. The van der Waals surface area contributed by atoms with Crippen LogP contribution >= 0.6 is 0 Å². The highest BCUT2D eigenvalue weighted by Crippen LogP contribution is 2.15. The minimum atomic E-state index is 0.939. The fourth-order valence-electron chi connectivity index (χ4n) is 1.42. The van der Waals surface area contributed by atoms with Gasteiger partial charge in [0.25, 0.3) is 0 Å². The van der Waals surface area contributed by atoms with E-state index in [9.17, 15) is 0 Å². The number of rotatable bonds is 0. The second-order valence-corrected chi connectivity index (χ2v) is 3.01. The molecule has 1 heterocycles. The molecule has 0 aromatic rings. The lowest BCUT2D eigenvalue weighted by Crippen LogP contribution is -2.29. The molecule has 0 aliphatic carbocycles. The molecule has 1 unspecified atom stereocenters. The van der Waals surface area contributed by atoms with Crippen molar-refractivity contribution in [2.75, 3.05) is 20.1 Å². The largest absolute Gasteiger partial charge is 0.307 e. The summed E-state index contributed by atoms with van der Waals surface area (Å²) < 4.78 is 0. The minimum absolute atomic E-state index is 0.939. The maximum Gasteiger partial charge on any atom is 0.107 e. The summed E-state index contributed by atoms with van der Waals surface area (Å²) in [4.78, 5) is 2.41. The lowest BCUT2D eigenvalue weighted by Gasteiger charge is -2.26. The van der Waals surface area contributed by atoms with Gasteiger partial charge in [-0.25, -0.2) is 0 Å². The molecule has 0 amide bonds. The maximum absolute atomic E-state index is 2.41. The SMILES string of the molecule is BC1CCCN(C)C1. The summed E-state index contributed by atoms with van der Waals surface area (Å²) in [5.41, 5.74) is 0. The Balaban J connectivity index is 2.23. The van der Waals surface area contributed by atoms with Crippen LogP contribution in [0.1, 0.15) is 12.8 Å². The average molecular weight is 111 g/mol. The zero-order valence-corrected chi connectivity index (χ0v) is 5.85. The van der Waals surface area contributed by atoms with Gasteiger partial charge in [0, 0.05) is 0 Å². The molecule has 0 spiro atoms. The van der Waals surface area contributed by atoms with Gasteiger partial charge in [-0.1, -0.05) is 12.2 Å². The van der Waals surface area contributed by atoms with E-state index in [0.29, 0.717) is 0 Å². The second kappa shape index (κ2) is 2.54. The monoisotopic (exact) mass is 111 g/mol. The molecule has 0 N–H and O–H groups in total. The lowest BCUT2D eigenvalue weighted by molar-refractivity contribution is 0.277. The Morgan fingerprint density at radius 3 is 2.75 bits per heavy atom. The average Bonchev–Trinajstić information content (AvgIpc) is 1.64. The number of likely N-dealkylation sites (tertiary alicyclic amines) is 1. The van der Waals surface area contributed by atoms with Gasteiger partial charge >= 0.3 is 0 Å². The summed E-state index contributed by atoms with van der Waals surface area (Å²) in [6.07, 6.45) is 2.84. The van der Waals surface area contributed by atoms with Crippen molar-refractivity contribution in [1.29, 1.82) is 0 Å². The molecule has 1 atom stereocenters. The Morgan fingerprint density at radius 2 is 2.38 bits per heavy atom. The van der Waals surface area contributed by atoms with Crippen molar-refractivity contribution in [3.63, 3.8) is 0 Å². The van der Waals surface area contributed by atoms with E-state index in [0.717, 1.165) is 5.82 Å². The van der Waals surface area contributed by atoms with Crippen LogP contribution in [0, 0.1) is 0 Å². The topological polar surface area (TPSA) is 3.24 Å². The number of hydrogen-bond acceptors (Lipinski definition) is 1. The molecule has 0 aromatic carbocycles.